The van der Waals surface area contributed by atoms with Crippen molar-refractivity contribution >= 4 is 18.3 Å². The summed E-state index contributed by atoms with van der Waals surface area (Å²) in [6.45, 7) is 1.05. The minimum atomic E-state index is -0.219. The second-order valence-electron chi connectivity index (χ2n) is 5.44. The zero-order valence-corrected chi connectivity index (χ0v) is 13.1. The van der Waals surface area contributed by atoms with Crippen LogP contribution in [0.25, 0.3) is 0 Å². The summed E-state index contributed by atoms with van der Waals surface area (Å²) in [7, 11) is 0. The van der Waals surface area contributed by atoms with Gasteiger partial charge in [0.15, 0.2) is 0 Å². The maximum atomic E-state index is 13.2. The van der Waals surface area contributed by atoms with Crippen LogP contribution in [0.5, 0.6) is 0 Å². The second-order valence-corrected chi connectivity index (χ2v) is 5.44. The van der Waals surface area contributed by atoms with Crippen LogP contribution in [0, 0.1) is 5.82 Å². The number of nitrogens with zero attached hydrogens (tertiary/aromatic N) is 1. The molecule has 3 nitrogen and oxygen atoms in total. The van der Waals surface area contributed by atoms with Gasteiger partial charge in [0.2, 0.25) is 5.91 Å². The summed E-state index contributed by atoms with van der Waals surface area (Å²) in [6.07, 6.45) is 5.65. The van der Waals surface area contributed by atoms with Crippen molar-refractivity contribution in [2.45, 2.75) is 44.6 Å². The lowest BCUT2D eigenvalue weighted by molar-refractivity contribution is -0.133. The third kappa shape index (κ3) is 5.29. The van der Waals surface area contributed by atoms with Crippen LogP contribution in [0.4, 0.5) is 4.39 Å². The van der Waals surface area contributed by atoms with E-state index in [0.717, 1.165) is 18.4 Å². The molecule has 2 rings (SSSR count). The zero-order chi connectivity index (χ0) is 14.4. The molecule has 0 spiro atoms. The Balaban J connectivity index is 0.00000220. The second kappa shape index (κ2) is 9.00. The van der Waals surface area contributed by atoms with Crippen molar-refractivity contribution in [3.05, 3.63) is 35.6 Å². The van der Waals surface area contributed by atoms with Gasteiger partial charge in [-0.1, -0.05) is 25.0 Å². The number of amides is 1. The summed E-state index contributed by atoms with van der Waals surface area (Å²) >= 11 is 0. The number of carbonyl (C=O) groups excluding carboxylic acids is 1. The molecule has 21 heavy (non-hydrogen) atoms. The van der Waals surface area contributed by atoms with Gasteiger partial charge in [0.25, 0.3) is 0 Å². The van der Waals surface area contributed by atoms with E-state index >= 15 is 0 Å². The molecule has 1 aromatic rings. The van der Waals surface area contributed by atoms with E-state index in [0.29, 0.717) is 32.0 Å². The Morgan fingerprint density at radius 2 is 2.05 bits per heavy atom. The Labute approximate surface area is 132 Å². The highest BCUT2D eigenvalue weighted by Crippen LogP contribution is 2.24. The number of benzene rings is 1. The van der Waals surface area contributed by atoms with Crippen molar-refractivity contribution in [3.63, 3.8) is 0 Å². The van der Waals surface area contributed by atoms with Gasteiger partial charge in [-0.15, -0.1) is 12.4 Å². The van der Waals surface area contributed by atoms with Gasteiger partial charge in [0, 0.05) is 25.6 Å². The van der Waals surface area contributed by atoms with Crippen molar-refractivity contribution in [2.75, 3.05) is 13.1 Å². The number of nitrogens with two attached hydrogens (primary N) is 1. The lowest BCUT2D eigenvalue weighted by Gasteiger charge is -2.29. The molecule has 1 aromatic carbocycles. The fourth-order valence-corrected chi connectivity index (χ4v) is 2.94. The van der Waals surface area contributed by atoms with Crippen molar-refractivity contribution < 1.29 is 9.18 Å². The SMILES string of the molecule is Cl.NCCC(=O)N(CCc1cccc(F)c1)C1CCCC1. The Morgan fingerprint density at radius 3 is 2.67 bits per heavy atom. The van der Waals surface area contributed by atoms with Crippen LogP contribution in [-0.2, 0) is 11.2 Å². The molecular weight excluding hydrogens is 291 g/mol. The predicted molar refractivity (Wildman–Crippen MR) is 85.0 cm³/mol. The first-order chi connectivity index (χ1) is 9.70. The topological polar surface area (TPSA) is 46.3 Å². The van der Waals surface area contributed by atoms with E-state index in [2.05, 4.69) is 0 Å². The highest BCUT2D eigenvalue weighted by Gasteiger charge is 2.25. The maximum absolute atomic E-state index is 13.2. The molecule has 118 valence electrons. The zero-order valence-electron chi connectivity index (χ0n) is 12.3. The Morgan fingerprint density at radius 1 is 1.33 bits per heavy atom. The van der Waals surface area contributed by atoms with Gasteiger partial charge in [0.1, 0.15) is 5.82 Å². The highest BCUT2D eigenvalue weighted by atomic mass is 35.5. The highest BCUT2D eigenvalue weighted by molar-refractivity contribution is 5.85. The minimum absolute atomic E-state index is 0. The monoisotopic (exact) mass is 314 g/mol. The van der Waals surface area contributed by atoms with Gasteiger partial charge >= 0.3 is 0 Å². The molecule has 5 heteroatoms. The molecule has 0 radical (unpaired) electrons. The molecule has 1 aliphatic carbocycles. The van der Waals surface area contributed by atoms with E-state index in [4.69, 9.17) is 5.73 Å². The smallest absolute Gasteiger partial charge is 0.224 e. The molecule has 2 N–H and O–H groups in total. The van der Waals surface area contributed by atoms with Crippen LogP contribution in [-0.4, -0.2) is 29.9 Å². The van der Waals surface area contributed by atoms with Gasteiger partial charge in [-0.25, -0.2) is 4.39 Å². The molecular formula is C16H24ClFN2O. The summed E-state index contributed by atoms with van der Waals surface area (Å²) in [5.74, 6) is -0.0843. The first kappa shape index (κ1) is 17.9. The fraction of sp³-hybridized carbons (Fsp3) is 0.562. The third-order valence-corrected chi connectivity index (χ3v) is 3.97. The first-order valence-electron chi connectivity index (χ1n) is 7.44. The van der Waals surface area contributed by atoms with Crippen molar-refractivity contribution in [1.82, 2.24) is 4.90 Å². The summed E-state index contributed by atoms with van der Waals surface area (Å²) in [4.78, 5) is 14.2. The molecule has 0 aromatic heterocycles. The number of hydrogen-bond donors (Lipinski definition) is 1. The molecule has 1 aliphatic rings. The van der Waals surface area contributed by atoms with Gasteiger partial charge in [-0.3, -0.25) is 4.79 Å². The largest absolute Gasteiger partial charge is 0.339 e. The summed E-state index contributed by atoms with van der Waals surface area (Å²) in [6, 6.07) is 6.95. The molecule has 0 atom stereocenters. The van der Waals surface area contributed by atoms with Crippen LogP contribution < -0.4 is 5.73 Å². The molecule has 0 saturated heterocycles. The van der Waals surface area contributed by atoms with E-state index < -0.39 is 0 Å². The molecule has 0 unspecified atom stereocenters. The number of halogens is 2. The van der Waals surface area contributed by atoms with Crippen molar-refractivity contribution in [1.29, 1.82) is 0 Å². The van der Waals surface area contributed by atoms with Crippen molar-refractivity contribution in [3.8, 4) is 0 Å². The van der Waals surface area contributed by atoms with Gasteiger partial charge in [0.05, 0.1) is 0 Å². The molecule has 0 heterocycles. The first-order valence-corrected chi connectivity index (χ1v) is 7.44. The fourth-order valence-electron chi connectivity index (χ4n) is 2.94. The van der Waals surface area contributed by atoms with Crippen LogP contribution in [0.3, 0.4) is 0 Å². The summed E-state index contributed by atoms with van der Waals surface area (Å²) < 4.78 is 13.2. The Hall–Kier alpha value is -1.13. The third-order valence-electron chi connectivity index (χ3n) is 3.97. The normalized spacial score (nSPS) is 14.8. The lowest BCUT2D eigenvalue weighted by atomic mass is 10.1. The van der Waals surface area contributed by atoms with Crippen LogP contribution >= 0.6 is 12.4 Å². The molecule has 0 bridgehead atoms. The average molecular weight is 315 g/mol. The van der Waals surface area contributed by atoms with E-state index in [1.807, 2.05) is 11.0 Å². The van der Waals surface area contributed by atoms with Crippen LogP contribution in [0.2, 0.25) is 0 Å². The lowest BCUT2D eigenvalue weighted by Crippen LogP contribution is -2.41. The number of carbonyl (C=O) groups is 1. The standard InChI is InChI=1S/C16H23FN2O.ClH/c17-14-5-3-4-13(12-14)9-11-19(16(20)8-10-18)15-6-1-2-7-15;/h3-5,12,15H,1-2,6-11,18H2;1H. The van der Waals surface area contributed by atoms with E-state index in [1.54, 1.807) is 12.1 Å². The summed E-state index contributed by atoms with van der Waals surface area (Å²) in [5.41, 5.74) is 6.43. The van der Waals surface area contributed by atoms with Crippen LogP contribution in [0.15, 0.2) is 24.3 Å². The molecule has 1 fully saturated rings. The Bertz CT molecular complexity index is 450. The number of rotatable bonds is 6. The van der Waals surface area contributed by atoms with E-state index in [-0.39, 0.29) is 24.1 Å². The van der Waals surface area contributed by atoms with Gasteiger partial charge in [-0.2, -0.15) is 0 Å². The minimum Gasteiger partial charge on any atom is -0.339 e. The average Bonchev–Trinajstić information content (AvgIpc) is 2.93. The van der Waals surface area contributed by atoms with Crippen molar-refractivity contribution in [2.24, 2.45) is 5.73 Å². The maximum Gasteiger partial charge on any atom is 0.224 e. The van der Waals surface area contributed by atoms with Gasteiger partial charge < -0.3 is 10.6 Å². The van der Waals surface area contributed by atoms with E-state index in [9.17, 15) is 9.18 Å². The predicted octanol–water partition coefficient (Wildman–Crippen LogP) is 2.91. The summed E-state index contributed by atoms with van der Waals surface area (Å²) in [5, 5.41) is 0. The van der Waals surface area contributed by atoms with E-state index in [1.165, 1.54) is 18.9 Å². The molecule has 1 amide bonds. The van der Waals surface area contributed by atoms with Crippen LogP contribution in [0.1, 0.15) is 37.7 Å². The quantitative estimate of drug-likeness (QED) is 0.877. The van der Waals surface area contributed by atoms with Gasteiger partial charge in [-0.05, 0) is 37.0 Å². The molecule has 1 saturated carbocycles. The number of hydrogen-bond acceptors (Lipinski definition) is 2. The Kier molecular flexibility index (Phi) is 7.68. The molecule has 0 aliphatic heterocycles.